The summed E-state index contributed by atoms with van der Waals surface area (Å²) in [5, 5.41) is 47.7. The number of aliphatic hydroxyl groups excluding tert-OH is 1. The van der Waals surface area contributed by atoms with E-state index in [1.54, 1.807) is 33.7 Å². The van der Waals surface area contributed by atoms with Crippen LogP contribution in [0.5, 0.6) is 0 Å². The van der Waals surface area contributed by atoms with Crippen LogP contribution in [-0.4, -0.2) is 369 Å². The molecule has 0 bridgehead atoms. The first-order chi connectivity index (χ1) is 54.5. The molecule has 9 amide bonds. The molecule has 31 heteroatoms. The number of rotatable bonds is 28. The summed E-state index contributed by atoms with van der Waals surface area (Å²) < 4.78 is 0. The molecule has 8 aliphatic rings. The van der Waals surface area contributed by atoms with Crippen LogP contribution in [0.4, 0.5) is 0 Å². The summed E-state index contributed by atoms with van der Waals surface area (Å²) in [4.78, 5) is 178. The Hall–Kier alpha value is -6.64. The third-order valence-electron chi connectivity index (χ3n) is 26.1. The van der Waals surface area contributed by atoms with E-state index in [1.165, 1.54) is 16.8 Å². The van der Waals surface area contributed by atoms with Crippen LogP contribution in [-0.2, 0) is 57.5 Å². The van der Waals surface area contributed by atoms with Gasteiger partial charge in [-0.1, -0.05) is 123 Å². The predicted octanol–water partition coefficient (Wildman–Crippen LogP) is 4.90. The molecule has 0 saturated carbocycles. The maximum Gasteiger partial charge on any atom is 0.326 e. The summed E-state index contributed by atoms with van der Waals surface area (Å²) in [6, 6.07) is -6.36. The van der Waals surface area contributed by atoms with Gasteiger partial charge in [0.2, 0.25) is 53.2 Å². The molecule has 0 aromatic rings. The molecule has 8 unspecified atom stereocenters. The summed E-state index contributed by atoms with van der Waals surface area (Å²) in [5.74, 6) is -4.06. The molecule has 8 heterocycles. The van der Waals surface area contributed by atoms with Gasteiger partial charge < -0.3 is 65.8 Å². The molecule has 31 nitrogen and oxygen atoms in total. The summed E-state index contributed by atoms with van der Waals surface area (Å²) in [6.07, 6.45) is 14.4. The summed E-state index contributed by atoms with van der Waals surface area (Å²) >= 11 is 0. The van der Waals surface area contributed by atoms with Crippen LogP contribution in [0.25, 0.3) is 0 Å². The van der Waals surface area contributed by atoms with Gasteiger partial charge in [0.05, 0.1) is 42.4 Å². The fraction of sp³-hybridized carbons (Fsp3) is 0.860. The van der Waals surface area contributed by atoms with E-state index >= 15 is 0 Å². The number of nitrogens with one attached hydrogen (secondary N) is 3. The first-order valence-electron chi connectivity index (χ1n) is 43.8. The Bertz CT molecular complexity index is 3230. The van der Waals surface area contributed by atoms with E-state index in [0.717, 1.165) is 123 Å². The summed E-state index contributed by atoms with van der Waals surface area (Å²) in [5.41, 5.74) is -1.48. The molecule has 0 aromatic heterocycles. The summed E-state index contributed by atoms with van der Waals surface area (Å²) in [6.45, 7) is 36.4. The number of hydrogen-bond donors (Lipinski definition) is 7. The van der Waals surface area contributed by atoms with E-state index in [9.17, 15) is 72.9 Å². The third-order valence-corrected chi connectivity index (χ3v) is 26.1. The Balaban J connectivity index is 0.000000273. The van der Waals surface area contributed by atoms with Crippen LogP contribution in [0.15, 0.2) is 0 Å². The number of carboxylic acid groups (broad SMARTS) is 3. The lowest BCUT2D eigenvalue weighted by Crippen LogP contribution is -2.61. The van der Waals surface area contributed by atoms with Gasteiger partial charge in [0, 0.05) is 85.5 Å². The average Bonchev–Trinajstić information content (AvgIpc) is 1.45. The number of carboxylic acids is 3. The quantitative estimate of drug-likeness (QED) is 0.0547. The molecule has 7 N–H and O–H groups in total. The Kier molecular flexibility index (Phi) is 37.1. The lowest BCUT2D eigenvalue weighted by Gasteiger charge is -2.42. The van der Waals surface area contributed by atoms with E-state index in [0.29, 0.717) is 58.4 Å². The highest BCUT2D eigenvalue weighted by molar-refractivity contribution is 5.93. The van der Waals surface area contributed by atoms with Crippen LogP contribution >= 0.6 is 0 Å². The van der Waals surface area contributed by atoms with Gasteiger partial charge in [-0.25, -0.2) is 9.59 Å². The number of likely N-dealkylation sites (N-methyl/N-ethyl adjacent to an activating group) is 7. The number of aliphatic carboxylic acids is 3. The molecule has 0 radical (unpaired) electrons. The normalized spacial score (nSPS) is 25.8. The second kappa shape index (κ2) is 43.7. The van der Waals surface area contributed by atoms with Crippen molar-refractivity contribution in [2.24, 2.45) is 34.0 Å². The van der Waals surface area contributed by atoms with E-state index < -0.39 is 82.5 Å². The number of β-amino-alcohol motifs (C(OH)–C–C–N with tert-alkyl or cyclic N) is 1. The van der Waals surface area contributed by atoms with Crippen LogP contribution in [0, 0.1) is 34.0 Å². The molecule has 117 heavy (non-hydrogen) atoms. The molecular formula is C86H153N15O16. The molecule has 668 valence electrons. The van der Waals surface area contributed by atoms with E-state index in [1.807, 2.05) is 104 Å². The number of amides is 9. The van der Waals surface area contributed by atoms with Gasteiger partial charge in [-0.05, 0) is 191 Å². The zero-order valence-corrected chi connectivity index (χ0v) is 75.4. The van der Waals surface area contributed by atoms with Crippen molar-refractivity contribution in [2.45, 2.75) is 317 Å². The lowest BCUT2D eigenvalue weighted by molar-refractivity contribution is -0.154. The van der Waals surface area contributed by atoms with Gasteiger partial charge in [-0.3, -0.25) is 77.3 Å². The van der Waals surface area contributed by atoms with Crippen LogP contribution in [0.3, 0.4) is 0 Å². The second-order valence-corrected chi connectivity index (χ2v) is 39.3. The number of hydrogen-bond acceptors (Lipinski definition) is 19. The van der Waals surface area contributed by atoms with E-state index in [-0.39, 0.29) is 133 Å². The Morgan fingerprint density at radius 3 is 0.966 bits per heavy atom. The first-order valence-corrected chi connectivity index (χ1v) is 43.8. The number of nitrogens with zero attached hydrogens (tertiary/aromatic N) is 12. The highest BCUT2D eigenvalue weighted by Gasteiger charge is 2.49. The van der Waals surface area contributed by atoms with Crippen molar-refractivity contribution in [3.8, 4) is 0 Å². The van der Waals surface area contributed by atoms with Gasteiger partial charge in [-0.15, -0.1) is 0 Å². The van der Waals surface area contributed by atoms with Crippen molar-refractivity contribution in [3.63, 3.8) is 0 Å². The minimum absolute atomic E-state index is 0.0231. The van der Waals surface area contributed by atoms with Crippen LogP contribution in [0.2, 0.25) is 0 Å². The van der Waals surface area contributed by atoms with Crippen molar-refractivity contribution < 1.29 is 78.0 Å². The van der Waals surface area contributed by atoms with Crippen molar-refractivity contribution >= 4 is 71.1 Å². The molecular weight excluding hydrogens is 1500 g/mol. The topological polar surface area (TPSA) is 361 Å². The highest BCUT2D eigenvalue weighted by atomic mass is 16.4. The van der Waals surface area contributed by atoms with Crippen molar-refractivity contribution in [1.29, 1.82) is 0 Å². The van der Waals surface area contributed by atoms with Gasteiger partial charge in [0.25, 0.3) is 0 Å². The number of carbonyl (C=O) groups excluding carboxylic acids is 9. The molecule has 8 rings (SSSR count). The summed E-state index contributed by atoms with van der Waals surface area (Å²) in [7, 11) is 12.8. The Morgan fingerprint density at radius 2 is 0.667 bits per heavy atom. The molecule has 0 aliphatic carbocycles. The van der Waals surface area contributed by atoms with Crippen molar-refractivity contribution in [1.82, 2.24) is 74.7 Å². The highest BCUT2D eigenvalue weighted by Crippen LogP contribution is 2.34. The predicted molar refractivity (Wildman–Crippen MR) is 449 cm³/mol. The second-order valence-electron chi connectivity index (χ2n) is 39.3. The van der Waals surface area contributed by atoms with Crippen molar-refractivity contribution in [2.75, 3.05) is 128 Å². The maximum atomic E-state index is 14.0. The van der Waals surface area contributed by atoms with Gasteiger partial charge in [0.15, 0.2) is 0 Å². The fourth-order valence-electron chi connectivity index (χ4n) is 18.7. The first kappa shape index (κ1) is 99.2. The average molecular weight is 1650 g/mol. The molecule has 8 saturated heterocycles. The number of piperidine rings is 4. The minimum Gasteiger partial charge on any atom is -0.480 e. The Labute approximate surface area is 699 Å². The minimum atomic E-state index is -1.10. The van der Waals surface area contributed by atoms with Crippen molar-refractivity contribution in [3.05, 3.63) is 0 Å². The number of aliphatic hydroxyl groups is 1. The lowest BCUT2D eigenvalue weighted by atomic mass is 9.84. The zero-order valence-electron chi connectivity index (χ0n) is 75.4. The molecule has 0 spiro atoms. The van der Waals surface area contributed by atoms with Gasteiger partial charge >= 0.3 is 17.9 Å². The van der Waals surface area contributed by atoms with Crippen LogP contribution < -0.4 is 16.0 Å². The van der Waals surface area contributed by atoms with Crippen LogP contribution in [0.1, 0.15) is 226 Å². The van der Waals surface area contributed by atoms with E-state index in [2.05, 4.69) is 73.0 Å². The molecule has 8 aliphatic heterocycles. The van der Waals surface area contributed by atoms with Gasteiger partial charge in [-0.2, -0.15) is 0 Å². The molecule has 8 fully saturated rings. The SMILES string of the molecule is CC(C)C(CN1CCCC1C(=O)N(C)CC(=O)O)N(C)C(=O)[C@@H](NC(=O)C1CCCCN1C)C(C)(C)C.CC(C)C(CN1CCCC1C(=O)N1CCCC[C@H]1C(=O)O)N(C)C(=O)[C@@H](NC(=O)C1CCCCN1C)C(C)(C)C.CC(C)[C@@H](CN1CCC[C@H]1C(=O)N1C[C@H](O)CC1C(=O)O)N(C)C(=O)[C@@H](NC(=O)C1CCCCN1C)C(C)(C)C. The third kappa shape index (κ3) is 26.7. The smallest absolute Gasteiger partial charge is 0.326 e. The monoisotopic (exact) mass is 1650 g/mol. The maximum absolute atomic E-state index is 14.0. The van der Waals surface area contributed by atoms with E-state index in [4.69, 9.17) is 5.11 Å². The standard InChI is InChI=1S/C30H53N5O5.C29H51N5O6.C27H49N5O5/c1-20(2)24(19-34-17-12-15-22(34)27(37)35-18-11-9-14-23(35)29(39)40)33(7)28(38)25(30(3,4)5)31-26(36)21-13-8-10-16-32(21)6;1-18(2)23(17-33-14-10-12-21(33)26(37)34-16-19(35)15-22(34)28(39)40)32(7)27(38)24(29(3,4)5)30-25(36)20-11-8-9-13-31(20)6;1-18(2)21(16-32-15-11-13-20(32)25(36)30(7)17-22(33)34)31(8)26(37)23(27(3,4)5)28-24(35)19-12-9-10-14-29(19)6/h20-25H,8-19H2,1-7H3,(H,31,36)(H,39,40);18-24,35H,8-17H2,1-7H3,(H,30,36)(H,39,40);18-21,23H,9-17H2,1-8H3,(H,28,35)(H,33,34)/t21?,22?,23-,24?,25+;19-,20?,21+,22?,23-,24-;19?,20?,21?,23-/m011/s1. The number of carbonyl (C=O) groups is 12. The largest absolute Gasteiger partial charge is 0.480 e. The molecule has 0 aromatic carbocycles. The number of likely N-dealkylation sites (tertiary alicyclic amines) is 8. The zero-order chi connectivity index (χ0) is 87.8. The fourth-order valence-corrected chi connectivity index (χ4v) is 18.7. The molecule has 15 atom stereocenters. The van der Waals surface area contributed by atoms with Gasteiger partial charge in [0.1, 0.15) is 36.8 Å². The Morgan fingerprint density at radius 1 is 0.376 bits per heavy atom.